The molecule has 1 heterocycles. The van der Waals surface area contributed by atoms with Crippen LogP contribution in [0.3, 0.4) is 0 Å². The average molecular weight is 461 g/mol. The van der Waals surface area contributed by atoms with Crippen LogP contribution in [0, 0.1) is 0 Å². The lowest BCUT2D eigenvalue weighted by Gasteiger charge is -2.29. The van der Waals surface area contributed by atoms with Gasteiger partial charge in [-0.3, -0.25) is 9.59 Å². The highest BCUT2D eigenvalue weighted by atomic mass is 35.5. The van der Waals surface area contributed by atoms with Crippen molar-refractivity contribution in [1.29, 1.82) is 0 Å². The SMILES string of the molecule is COc1ccc(CN(C(=O)COc2ccccc2Cl)[C@H](C)C(=O)NC[C@@H]2CCCO2)cc1. The van der Waals surface area contributed by atoms with E-state index in [1.807, 2.05) is 24.3 Å². The third-order valence-electron chi connectivity index (χ3n) is 5.40. The van der Waals surface area contributed by atoms with Gasteiger partial charge in [-0.15, -0.1) is 0 Å². The molecule has 32 heavy (non-hydrogen) atoms. The Kier molecular flexibility index (Phi) is 8.76. The maximum Gasteiger partial charge on any atom is 0.261 e. The van der Waals surface area contributed by atoms with Crippen molar-refractivity contribution in [1.82, 2.24) is 10.2 Å². The van der Waals surface area contributed by atoms with Crippen LogP contribution in [-0.2, 0) is 20.9 Å². The maximum atomic E-state index is 13.1. The van der Waals surface area contributed by atoms with Crippen LogP contribution >= 0.6 is 11.6 Å². The van der Waals surface area contributed by atoms with Crippen LogP contribution in [0.1, 0.15) is 25.3 Å². The molecular weight excluding hydrogens is 432 g/mol. The molecule has 0 spiro atoms. The number of halogens is 1. The molecule has 8 heteroatoms. The normalized spacial score (nSPS) is 16.3. The van der Waals surface area contributed by atoms with E-state index in [1.165, 1.54) is 4.90 Å². The van der Waals surface area contributed by atoms with Gasteiger partial charge in [-0.05, 0) is 49.6 Å². The zero-order valence-corrected chi connectivity index (χ0v) is 19.1. The second-order valence-corrected chi connectivity index (χ2v) is 8.05. The van der Waals surface area contributed by atoms with Gasteiger partial charge in [0.1, 0.15) is 17.5 Å². The fourth-order valence-electron chi connectivity index (χ4n) is 3.46. The van der Waals surface area contributed by atoms with Crippen LogP contribution in [-0.4, -0.2) is 55.7 Å². The van der Waals surface area contributed by atoms with E-state index < -0.39 is 6.04 Å². The summed E-state index contributed by atoms with van der Waals surface area (Å²) in [5.41, 5.74) is 0.871. The minimum absolute atomic E-state index is 0.0282. The summed E-state index contributed by atoms with van der Waals surface area (Å²) in [6, 6.07) is 13.6. The zero-order chi connectivity index (χ0) is 22.9. The van der Waals surface area contributed by atoms with Crippen molar-refractivity contribution in [3.63, 3.8) is 0 Å². The average Bonchev–Trinajstić information content (AvgIpc) is 3.34. The van der Waals surface area contributed by atoms with E-state index in [-0.39, 0.29) is 31.1 Å². The van der Waals surface area contributed by atoms with Crippen LogP contribution in [0.25, 0.3) is 0 Å². The van der Waals surface area contributed by atoms with E-state index in [4.69, 9.17) is 25.8 Å². The predicted octanol–water partition coefficient (Wildman–Crippen LogP) is 3.44. The summed E-state index contributed by atoms with van der Waals surface area (Å²) in [6.45, 7) is 2.88. The van der Waals surface area contributed by atoms with Crippen molar-refractivity contribution in [2.45, 2.75) is 38.5 Å². The van der Waals surface area contributed by atoms with E-state index in [2.05, 4.69) is 5.32 Å². The van der Waals surface area contributed by atoms with Gasteiger partial charge in [0.2, 0.25) is 5.91 Å². The minimum atomic E-state index is -0.694. The van der Waals surface area contributed by atoms with Gasteiger partial charge in [0, 0.05) is 19.7 Å². The number of methoxy groups -OCH3 is 1. The summed E-state index contributed by atoms with van der Waals surface area (Å²) in [5, 5.41) is 3.33. The van der Waals surface area contributed by atoms with E-state index in [9.17, 15) is 9.59 Å². The fraction of sp³-hybridized carbons (Fsp3) is 0.417. The van der Waals surface area contributed by atoms with Gasteiger partial charge in [-0.2, -0.15) is 0 Å². The second-order valence-electron chi connectivity index (χ2n) is 7.64. The first-order valence-corrected chi connectivity index (χ1v) is 11.0. The summed E-state index contributed by atoms with van der Waals surface area (Å²) >= 11 is 6.12. The molecule has 1 fully saturated rings. The van der Waals surface area contributed by atoms with E-state index >= 15 is 0 Å². The van der Waals surface area contributed by atoms with Gasteiger partial charge < -0.3 is 24.4 Å². The molecule has 1 N–H and O–H groups in total. The molecule has 1 saturated heterocycles. The van der Waals surface area contributed by atoms with Crippen LogP contribution in [0.5, 0.6) is 11.5 Å². The standard InChI is InChI=1S/C24H29ClN2O5/c1-17(24(29)26-14-20-6-5-13-31-20)27(15-18-9-11-19(30-2)12-10-18)23(28)16-32-22-8-4-3-7-21(22)25/h3-4,7-12,17,20H,5-6,13-16H2,1-2H3,(H,26,29)/t17-,20+/m1/s1. The number of para-hydroxylation sites is 1. The number of ether oxygens (including phenoxy) is 3. The summed E-state index contributed by atoms with van der Waals surface area (Å²) in [4.78, 5) is 27.4. The number of rotatable bonds is 10. The molecule has 1 aliphatic rings. The van der Waals surface area contributed by atoms with Crippen LogP contribution in [0.4, 0.5) is 0 Å². The molecule has 0 radical (unpaired) electrons. The Balaban J connectivity index is 1.68. The van der Waals surface area contributed by atoms with Gasteiger partial charge in [0.15, 0.2) is 6.61 Å². The van der Waals surface area contributed by atoms with E-state index in [0.29, 0.717) is 17.3 Å². The first-order chi connectivity index (χ1) is 15.5. The molecular formula is C24H29ClN2O5. The first kappa shape index (κ1) is 23.9. The molecule has 0 saturated carbocycles. The molecule has 2 amide bonds. The largest absolute Gasteiger partial charge is 0.497 e. The molecule has 7 nitrogen and oxygen atoms in total. The molecule has 0 bridgehead atoms. The fourth-order valence-corrected chi connectivity index (χ4v) is 3.65. The Hall–Kier alpha value is -2.77. The third-order valence-corrected chi connectivity index (χ3v) is 5.71. The number of hydrogen-bond acceptors (Lipinski definition) is 5. The van der Waals surface area contributed by atoms with Gasteiger partial charge in [-0.25, -0.2) is 0 Å². The molecule has 2 atom stereocenters. The van der Waals surface area contributed by atoms with Gasteiger partial charge in [0.25, 0.3) is 5.91 Å². The maximum absolute atomic E-state index is 13.1. The second kappa shape index (κ2) is 11.7. The topological polar surface area (TPSA) is 77.1 Å². The minimum Gasteiger partial charge on any atom is -0.497 e. The van der Waals surface area contributed by atoms with Crippen LogP contribution < -0.4 is 14.8 Å². The van der Waals surface area contributed by atoms with Crippen molar-refractivity contribution >= 4 is 23.4 Å². The Morgan fingerprint density at radius 1 is 1.22 bits per heavy atom. The summed E-state index contributed by atoms with van der Waals surface area (Å²) < 4.78 is 16.4. The monoisotopic (exact) mass is 460 g/mol. The lowest BCUT2D eigenvalue weighted by atomic mass is 10.1. The molecule has 1 aliphatic heterocycles. The number of carbonyl (C=O) groups excluding carboxylic acids is 2. The van der Waals surface area contributed by atoms with E-state index in [1.54, 1.807) is 38.3 Å². The lowest BCUT2D eigenvalue weighted by molar-refractivity contribution is -0.142. The molecule has 2 aromatic carbocycles. The third kappa shape index (κ3) is 6.61. The molecule has 172 valence electrons. The molecule has 3 rings (SSSR count). The van der Waals surface area contributed by atoms with Crippen LogP contribution in [0.2, 0.25) is 5.02 Å². The van der Waals surface area contributed by atoms with Gasteiger partial charge in [0.05, 0.1) is 18.2 Å². The highest BCUT2D eigenvalue weighted by Gasteiger charge is 2.27. The zero-order valence-electron chi connectivity index (χ0n) is 18.4. The molecule has 0 aliphatic carbocycles. The lowest BCUT2D eigenvalue weighted by Crippen LogP contribution is -2.50. The van der Waals surface area contributed by atoms with Crippen molar-refractivity contribution in [2.75, 3.05) is 26.9 Å². The number of amides is 2. The Morgan fingerprint density at radius 3 is 2.62 bits per heavy atom. The number of nitrogens with one attached hydrogen (secondary N) is 1. The van der Waals surface area contributed by atoms with Crippen molar-refractivity contribution in [2.24, 2.45) is 0 Å². The smallest absolute Gasteiger partial charge is 0.261 e. The van der Waals surface area contributed by atoms with Crippen molar-refractivity contribution in [3.05, 3.63) is 59.1 Å². The number of hydrogen-bond donors (Lipinski definition) is 1. The van der Waals surface area contributed by atoms with Gasteiger partial charge in [-0.1, -0.05) is 35.9 Å². The first-order valence-electron chi connectivity index (χ1n) is 10.7. The van der Waals surface area contributed by atoms with E-state index in [0.717, 1.165) is 30.8 Å². The Labute approximate surface area is 193 Å². The van der Waals surface area contributed by atoms with Crippen molar-refractivity contribution in [3.8, 4) is 11.5 Å². The highest BCUT2D eigenvalue weighted by molar-refractivity contribution is 6.32. The quantitative estimate of drug-likeness (QED) is 0.587. The Bertz CT molecular complexity index is 900. The highest BCUT2D eigenvalue weighted by Crippen LogP contribution is 2.23. The molecule has 2 aromatic rings. The van der Waals surface area contributed by atoms with Crippen LogP contribution in [0.15, 0.2) is 48.5 Å². The summed E-state index contributed by atoms with van der Waals surface area (Å²) in [7, 11) is 1.59. The number of benzene rings is 2. The summed E-state index contributed by atoms with van der Waals surface area (Å²) in [6.07, 6.45) is 1.95. The molecule has 0 aromatic heterocycles. The number of carbonyl (C=O) groups is 2. The molecule has 0 unspecified atom stereocenters. The Morgan fingerprint density at radius 2 is 1.97 bits per heavy atom. The summed E-state index contributed by atoms with van der Waals surface area (Å²) in [5.74, 6) is 0.582. The number of nitrogens with zero attached hydrogens (tertiary/aromatic N) is 1. The predicted molar refractivity (Wildman–Crippen MR) is 122 cm³/mol. The van der Waals surface area contributed by atoms with Crippen molar-refractivity contribution < 1.29 is 23.8 Å². The van der Waals surface area contributed by atoms with Gasteiger partial charge >= 0.3 is 0 Å².